The Morgan fingerprint density at radius 3 is 2.40 bits per heavy atom. The quantitative estimate of drug-likeness (QED) is 0.197. The van der Waals surface area contributed by atoms with E-state index in [1.54, 1.807) is 55.4 Å². The van der Waals surface area contributed by atoms with Crippen molar-refractivity contribution in [2.45, 2.75) is 82.4 Å². The van der Waals surface area contributed by atoms with Gasteiger partial charge in [-0.3, -0.25) is 19.2 Å². The summed E-state index contributed by atoms with van der Waals surface area (Å²) in [7, 11) is 1.56. The Kier molecular flexibility index (Phi) is 11.5. The van der Waals surface area contributed by atoms with Gasteiger partial charge in [0.1, 0.15) is 23.5 Å². The average Bonchev–Trinajstić information content (AvgIpc) is 3.76. The minimum atomic E-state index is -1.32. The first-order valence-corrected chi connectivity index (χ1v) is 17.4. The number of benzene rings is 2. The Bertz CT molecular complexity index is 1560. The monoisotopic (exact) mass is 687 g/mol. The van der Waals surface area contributed by atoms with Crippen molar-refractivity contribution in [3.8, 4) is 5.75 Å². The molecule has 2 N–H and O–H groups in total. The molecule has 3 aliphatic heterocycles. The Balaban J connectivity index is 1.51. The first-order chi connectivity index (χ1) is 24.0. The van der Waals surface area contributed by atoms with Gasteiger partial charge >= 0.3 is 5.97 Å². The molecule has 3 aliphatic rings. The van der Waals surface area contributed by atoms with Crippen molar-refractivity contribution < 1.29 is 38.5 Å². The minimum absolute atomic E-state index is 0.153. The molecule has 3 heterocycles. The van der Waals surface area contributed by atoms with E-state index in [4.69, 9.17) is 14.2 Å². The Labute approximate surface area is 294 Å². The first-order valence-electron chi connectivity index (χ1n) is 17.4. The lowest BCUT2D eigenvalue weighted by molar-refractivity contribution is -0.162. The van der Waals surface area contributed by atoms with Crippen LogP contribution in [-0.2, 0) is 28.7 Å². The van der Waals surface area contributed by atoms with Crippen LogP contribution in [-0.4, -0.2) is 83.8 Å². The van der Waals surface area contributed by atoms with E-state index in [-0.39, 0.29) is 31.4 Å². The van der Waals surface area contributed by atoms with E-state index in [0.29, 0.717) is 36.3 Å². The summed E-state index contributed by atoms with van der Waals surface area (Å²) in [6.45, 7) is 12.9. The number of carbonyl (C=O) groups excluding carboxylic acids is 4. The highest BCUT2D eigenvalue weighted by Crippen LogP contribution is 2.59. The Morgan fingerprint density at radius 1 is 1.10 bits per heavy atom. The molecular weight excluding hydrogens is 638 g/mol. The van der Waals surface area contributed by atoms with Crippen molar-refractivity contribution in [2.75, 3.05) is 25.2 Å². The van der Waals surface area contributed by atoms with Gasteiger partial charge in [0.15, 0.2) is 0 Å². The lowest BCUT2D eigenvalue weighted by atomic mass is 9.70. The number of allylic oxidation sites excluding steroid dienone is 1. The van der Waals surface area contributed by atoms with E-state index in [0.717, 1.165) is 0 Å². The number of amides is 3. The highest BCUT2D eigenvalue weighted by molar-refractivity contribution is 6.05. The van der Waals surface area contributed by atoms with Crippen LogP contribution in [0, 0.1) is 17.8 Å². The number of rotatable bonds is 16. The highest BCUT2D eigenvalue weighted by Gasteiger charge is 2.76. The average molecular weight is 688 g/mol. The van der Waals surface area contributed by atoms with Gasteiger partial charge in [0, 0.05) is 18.7 Å². The number of fused-ring (bicyclic) bond motifs is 1. The van der Waals surface area contributed by atoms with Crippen LogP contribution in [0.4, 0.5) is 5.69 Å². The maximum Gasteiger partial charge on any atom is 0.313 e. The molecule has 11 heteroatoms. The fourth-order valence-electron chi connectivity index (χ4n) is 7.92. The van der Waals surface area contributed by atoms with Crippen molar-refractivity contribution in [2.24, 2.45) is 17.8 Å². The molecule has 2 bridgehead atoms. The molecule has 3 saturated heterocycles. The van der Waals surface area contributed by atoms with Crippen molar-refractivity contribution in [3.05, 3.63) is 85.5 Å². The molecule has 1 spiro atoms. The van der Waals surface area contributed by atoms with Crippen LogP contribution in [0.1, 0.15) is 58.1 Å². The minimum Gasteiger partial charge on any atom is -0.497 e. The summed E-state index contributed by atoms with van der Waals surface area (Å²) in [5.74, 6) is -3.24. The van der Waals surface area contributed by atoms with E-state index in [2.05, 4.69) is 18.5 Å². The fraction of sp³-hybridized carbons (Fsp3) is 0.487. The topological polar surface area (TPSA) is 135 Å². The normalized spacial score (nSPS) is 25.4. The van der Waals surface area contributed by atoms with Gasteiger partial charge in [-0.2, -0.15) is 0 Å². The van der Waals surface area contributed by atoms with Gasteiger partial charge in [-0.1, -0.05) is 56.3 Å². The van der Waals surface area contributed by atoms with Gasteiger partial charge in [-0.25, -0.2) is 0 Å². The van der Waals surface area contributed by atoms with Crippen LogP contribution < -0.4 is 15.0 Å². The summed E-state index contributed by atoms with van der Waals surface area (Å²) in [4.78, 5) is 59.6. The third kappa shape index (κ3) is 6.81. The number of nitrogens with one attached hydrogen (secondary N) is 1. The van der Waals surface area contributed by atoms with Crippen molar-refractivity contribution in [1.82, 2.24) is 10.2 Å². The molecule has 2 aromatic rings. The molecule has 0 unspecified atom stereocenters. The smallest absolute Gasteiger partial charge is 0.313 e. The molecule has 0 aromatic heterocycles. The molecule has 268 valence electrons. The van der Waals surface area contributed by atoms with Gasteiger partial charge in [0.05, 0.1) is 43.7 Å². The van der Waals surface area contributed by atoms with Gasteiger partial charge in [0.25, 0.3) is 5.91 Å². The lowest BCUT2D eigenvalue weighted by Gasteiger charge is -2.40. The summed E-state index contributed by atoms with van der Waals surface area (Å²) in [5.41, 5.74) is -0.0570. The largest absolute Gasteiger partial charge is 0.497 e. The number of ether oxygens (including phenoxy) is 3. The fourth-order valence-corrected chi connectivity index (χ4v) is 7.92. The van der Waals surface area contributed by atoms with Crippen LogP contribution >= 0.6 is 0 Å². The van der Waals surface area contributed by atoms with Crippen LogP contribution in [0.5, 0.6) is 5.75 Å². The number of methoxy groups -OCH3 is 1. The Hall–Kier alpha value is -4.48. The predicted octanol–water partition coefficient (Wildman–Crippen LogP) is 4.36. The van der Waals surface area contributed by atoms with Gasteiger partial charge in [0.2, 0.25) is 11.8 Å². The van der Waals surface area contributed by atoms with Crippen molar-refractivity contribution in [1.29, 1.82) is 0 Å². The van der Waals surface area contributed by atoms with E-state index in [1.165, 1.54) is 4.90 Å². The molecule has 11 nitrogen and oxygen atoms in total. The summed E-state index contributed by atoms with van der Waals surface area (Å²) >= 11 is 0. The zero-order chi connectivity index (χ0) is 36.2. The van der Waals surface area contributed by atoms with E-state index >= 15 is 0 Å². The number of carbonyl (C=O) groups is 4. The summed E-state index contributed by atoms with van der Waals surface area (Å²) < 4.78 is 18.2. The number of anilines is 1. The lowest BCUT2D eigenvalue weighted by Crippen LogP contribution is -2.59. The van der Waals surface area contributed by atoms with Gasteiger partial charge in [-0.15, -0.1) is 13.2 Å². The zero-order valence-electron chi connectivity index (χ0n) is 29.3. The zero-order valence-corrected chi connectivity index (χ0v) is 29.3. The second-order valence-electron chi connectivity index (χ2n) is 13.7. The molecule has 0 saturated carbocycles. The van der Waals surface area contributed by atoms with Gasteiger partial charge in [-0.05, 0) is 61.9 Å². The van der Waals surface area contributed by atoms with Crippen LogP contribution in [0.15, 0.2) is 79.9 Å². The number of aliphatic hydroxyl groups excluding tert-OH is 1. The number of esters is 1. The maximum absolute atomic E-state index is 14.8. The maximum atomic E-state index is 14.8. The third-order valence-electron chi connectivity index (χ3n) is 10.3. The number of hydrogen-bond acceptors (Lipinski definition) is 8. The molecule has 8 atom stereocenters. The molecule has 0 radical (unpaired) electrons. The standard InChI is InChI=1S/C39H49N3O8/c1-7-9-15-31(44)40-25(5)34(26-13-11-10-12-14-26)49-38(47)32-30-20-21-39(50-30)33(32)36(45)42(29(23-43)24(3)4)35(39)37(46)41(22-8-2)27-16-18-28(48-6)19-17-27/h7-8,10-14,16-19,24-25,29-30,32-35,43H,1-2,9,15,20-23H2,3-6H3,(H,40,44)/t25-,29-,30-,32+,33+,34-,35-,39+/m0/s1. The van der Waals surface area contributed by atoms with E-state index < -0.39 is 65.6 Å². The molecule has 2 aromatic carbocycles. The summed E-state index contributed by atoms with van der Waals surface area (Å²) in [5, 5.41) is 13.6. The predicted molar refractivity (Wildman–Crippen MR) is 188 cm³/mol. The van der Waals surface area contributed by atoms with Crippen LogP contribution in [0.25, 0.3) is 0 Å². The summed E-state index contributed by atoms with van der Waals surface area (Å²) in [6, 6.07) is 13.7. The van der Waals surface area contributed by atoms with Crippen LogP contribution in [0.2, 0.25) is 0 Å². The first kappa shape index (κ1) is 36.8. The number of likely N-dealkylation sites (tertiary alicyclic amines) is 1. The number of hydrogen-bond donors (Lipinski definition) is 2. The molecule has 3 fully saturated rings. The molecule has 3 amide bonds. The third-order valence-corrected chi connectivity index (χ3v) is 10.3. The SMILES string of the molecule is C=CCCC(=O)N[C@@H](C)[C@H](OC(=O)[C@@H]1[C@@H]2CC[C@]3(O2)[C@H](C(=O)N(CC=C)c2ccc(OC)cc2)N([C@@H](CO)C(C)C)C(=O)[C@@H]13)c1ccccc1. The number of nitrogens with zero attached hydrogens (tertiary/aromatic N) is 2. The second kappa shape index (κ2) is 15.6. The molecule has 50 heavy (non-hydrogen) atoms. The van der Waals surface area contributed by atoms with Crippen LogP contribution in [0.3, 0.4) is 0 Å². The van der Waals surface area contributed by atoms with Crippen molar-refractivity contribution >= 4 is 29.4 Å². The Morgan fingerprint density at radius 2 is 1.80 bits per heavy atom. The molecule has 0 aliphatic carbocycles. The second-order valence-corrected chi connectivity index (χ2v) is 13.7. The van der Waals surface area contributed by atoms with E-state index in [9.17, 15) is 24.3 Å². The van der Waals surface area contributed by atoms with E-state index in [1.807, 2.05) is 44.2 Å². The number of aliphatic hydroxyl groups is 1. The summed E-state index contributed by atoms with van der Waals surface area (Å²) in [6.07, 6.45) is 3.35. The highest BCUT2D eigenvalue weighted by atomic mass is 16.6. The molecule has 5 rings (SSSR count). The van der Waals surface area contributed by atoms with Gasteiger partial charge < -0.3 is 34.4 Å². The van der Waals surface area contributed by atoms with Crippen molar-refractivity contribution in [3.63, 3.8) is 0 Å². The molecular formula is C39H49N3O8.